The van der Waals surface area contributed by atoms with Gasteiger partial charge in [-0.25, -0.2) is 19.2 Å². The zero-order chi connectivity index (χ0) is 12.3. The zero-order valence-electron chi connectivity index (χ0n) is 9.05. The highest BCUT2D eigenvalue weighted by Gasteiger charge is 2.14. The SMILES string of the molecule is COC(=O)c1ccc(F)cc1-c1cncnc1. The second-order valence-electron chi connectivity index (χ2n) is 3.31. The largest absolute Gasteiger partial charge is 0.465 e. The van der Waals surface area contributed by atoms with Crippen molar-refractivity contribution in [1.29, 1.82) is 0 Å². The molecule has 0 radical (unpaired) electrons. The zero-order valence-corrected chi connectivity index (χ0v) is 9.05. The molecule has 0 aliphatic rings. The number of hydrogen-bond acceptors (Lipinski definition) is 4. The van der Waals surface area contributed by atoms with Crippen LogP contribution in [0.25, 0.3) is 11.1 Å². The number of carbonyl (C=O) groups excluding carboxylic acids is 1. The molecule has 1 heterocycles. The molecule has 0 aliphatic carbocycles. The van der Waals surface area contributed by atoms with Gasteiger partial charge in [0.25, 0.3) is 0 Å². The summed E-state index contributed by atoms with van der Waals surface area (Å²) in [6, 6.07) is 3.84. The summed E-state index contributed by atoms with van der Waals surface area (Å²) in [5, 5.41) is 0. The third kappa shape index (κ3) is 2.28. The van der Waals surface area contributed by atoms with Crippen LogP contribution in [0.1, 0.15) is 10.4 Å². The minimum atomic E-state index is -0.524. The second kappa shape index (κ2) is 4.69. The van der Waals surface area contributed by atoms with Crippen LogP contribution >= 0.6 is 0 Å². The van der Waals surface area contributed by atoms with Gasteiger partial charge < -0.3 is 4.74 Å². The van der Waals surface area contributed by atoms with Gasteiger partial charge in [0, 0.05) is 23.5 Å². The van der Waals surface area contributed by atoms with Crippen LogP contribution in [0.3, 0.4) is 0 Å². The van der Waals surface area contributed by atoms with Crippen LogP contribution in [-0.2, 0) is 4.74 Å². The molecule has 0 spiro atoms. The number of carbonyl (C=O) groups is 1. The van der Waals surface area contributed by atoms with E-state index in [1.807, 2.05) is 0 Å². The highest BCUT2D eigenvalue weighted by Crippen LogP contribution is 2.24. The quantitative estimate of drug-likeness (QED) is 0.744. The Balaban J connectivity index is 2.59. The molecule has 0 N–H and O–H groups in total. The van der Waals surface area contributed by atoms with Crippen molar-refractivity contribution < 1.29 is 13.9 Å². The van der Waals surface area contributed by atoms with E-state index in [-0.39, 0.29) is 5.56 Å². The Morgan fingerprint density at radius 3 is 2.65 bits per heavy atom. The van der Waals surface area contributed by atoms with Crippen molar-refractivity contribution in [2.24, 2.45) is 0 Å². The maximum absolute atomic E-state index is 13.2. The lowest BCUT2D eigenvalue weighted by molar-refractivity contribution is 0.0601. The van der Waals surface area contributed by atoms with Crippen molar-refractivity contribution in [3.8, 4) is 11.1 Å². The molecule has 2 rings (SSSR count). The molecule has 0 amide bonds. The van der Waals surface area contributed by atoms with Crippen LogP contribution in [0.4, 0.5) is 4.39 Å². The topological polar surface area (TPSA) is 52.1 Å². The summed E-state index contributed by atoms with van der Waals surface area (Å²) in [5.74, 6) is -0.958. The number of ether oxygens (including phenoxy) is 1. The van der Waals surface area contributed by atoms with Gasteiger partial charge >= 0.3 is 5.97 Å². The van der Waals surface area contributed by atoms with Crippen LogP contribution in [0.15, 0.2) is 36.9 Å². The standard InChI is InChI=1S/C12H9FN2O2/c1-17-12(16)10-3-2-9(13)4-11(10)8-5-14-7-15-6-8/h2-7H,1H3. The van der Waals surface area contributed by atoms with Crippen molar-refractivity contribution in [2.45, 2.75) is 0 Å². The van der Waals surface area contributed by atoms with Crippen molar-refractivity contribution >= 4 is 5.97 Å². The summed E-state index contributed by atoms with van der Waals surface area (Å²) in [6.45, 7) is 0. The first-order valence-corrected chi connectivity index (χ1v) is 4.85. The number of methoxy groups -OCH3 is 1. The molecule has 0 bridgehead atoms. The molecule has 1 aromatic heterocycles. The molecule has 0 fully saturated rings. The van der Waals surface area contributed by atoms with Crippen LogP contribution < -0.4 is 0 Å². The molecule has 17 heavy (non-hydrogen) atoms. The van der Waals surface area contributed by atoms with E-state index in [9.17, 15) is 9.18 Å². The number of rotatable bonds is 2. The average molecular weight is 232 g/mol. The third-order valence-electron chi connectivity index (χ3n) is 2.26. The van der Waals surface area contributed by atoms with Gasteiger partial charge in [-0.3, -0.25) is 0 Å². The molecule has 0 unspecified atom stereocenters. The van der Waals surface area contributed by atoms with Crippen molar-refractivity contribution in [1.82, 2.24) is 9.97 Å². The fourth-order valence-corrected chi connectivity index (χ4v) is 1.48. The van der Waals surface area contributed by atoms with Crippen LogP contribution in [0.5, 0.6) is 0 Å². The van der Waals surface area contributed by atoms with E-state index in [0.717, 1.165) is 0 Å². The van der Waals surface area contributed by atoms with Gasteiger partial charge in [0.05, 0.1) is 12.7 Å². The van der Waals surface area contributed by atoms with E-state index >= 15 is 0 Å². The molecule has 1 aromatic carbocycles. The molecule has 0 saturated heterocycles. The summed E-state index contributed by atoms with van der Waals surface area (Å²) in [4.78, 5) is 19.2. The van der Waals surface area contributed by atoms with Gasteiger partial charge in [0.2, 0.25) is 0 Å². The predicted molar refractivity (Wildman–Crippen MR) is 58.8 cm³/mol. The lowest BCUT2D eigenvalue weighted by atomic mass is 10.0. The number of benzene rings is 1. The summed E-state index contributed by atoms with van der Waals surface area (Å²) < 4.78 is 17.8. The highest BCUT2D eigenvalue weighted by atomic mass is 19.1. The van der Waals surface area contributed by atoms with Gasteiger partial charge in [0.1, 0.15) is 12.1 Å². The number of hydrogen-bond donors (Lipinski definition) is 0. The summed E-state index contributed by atoms with van der Waals surface area (Å²) in [7, 11) is 1.27. The van der Waals surface area contributed by atoms with Crippen LogP contribution in [-0.4, -0.2) is 23.0 Å². The Kier molecular flexibility index (Phi) is 3.09. The smallest absolute Gasteiger partial charge is 0.338 e. The van der Waals surface area contributed by atoms with E-state index < -0.39 is 11.8 Å². The Morgan fingerprint density at radius 2 is 2.00 bits per heavy atom. The molecule has 5 heteroatoms. The normalized spacial score (nSPS) is 10.0. The molecule has 0 saturated carbocycles. The number of nitrogens with zero attached hydrogens (tertiary/aromatic N) is 2. The first-order valence-electron chi connectivity index (χ1n) is 4.85. The lowest BCUT2D eigenvalue weighted by Crippen LogP contribution is -2.04. The molecule has 0 atom stereocenters. The minimum Gasteiger partial charge on any atom is -0.465 e. The van der Waals surface area contributed by atoms with E-state index in [4.69, 9.17) is 0 Å². The molecule has 2 aromatic rings. The lowest BCUT2D eigenvalue weighted by Gasteiger charge is -2.07. The van der Waals surface area contributed by atoms with Crippen molar-refractivity contribution in [3.63, 3.8) is 0 Å². The molecule has 86 valence electrons. The van der Waals surface area contributed by atoms with Crippen LogP contribution in [0, 0.1) is 5.82 Å². The highest BCUT2D eigenvalue weighted by molar-refractivity contribution is 5.97. The Labute approximate surface area is 97.1 Å². The molecular formula is C12H9FN2O2. The summed E-state index contributed by atoms with van der Waals surface area (Å²) in [5.41, 5.74) is 1.26. The van der Waals surface area contributed by atoms with Gasteiger partial charge in [0.15, 0.2) is 0 Å². The van der Waals surface area contributed by atoms with Crippen molar-refractivity contribution in [3.05, 3.63) is 48.3 Å². The Morgan fingerprint density at radius 1 is 1.29 bits per heavy atom. The predicted octanol–water partition coefficient (Wildman–Crippen LogP) is 2.07. The molecule has 4 nitrogen and oxygen atoms in total. The van der Waals surface area contributed by atoms with E-state index in [0.29, 0.717) is 11.1 Å². The molecular weight excluding hydrogens is 223 g/mol. The maximum Gasteiger partial charge on any atom is 0.338 e. The monoisotopic (exact) mass is 232 g/mol. The fourth-order valence-electron chi connectivity index (χ4n) is 1.48. The fraction of sp³-hybridized carbons (Fsp3) is 0.0833. The number of halogens is 1. The van der Waals surface area contributed by atoms with Gasteiger partial charge in [-0.15, -0.1) is 0 Å². The number of esters is 1. The van der Waals surface area contributed by atoms with Gasteiger partial charge in [-0.1, -0.05) is 0 Å². The van der Waals surface area contributed by atoms with Crippen LogP contribution in [0.2, 0.25) is 0 Å². The Bertz CT molecular complexity index is 543. The van der Waals surface area contributed by atoms with Gasteiger partial charge in [-0.05, 0) is 18.2 Å². The van der Waals surface area contributed by atoms with Crippen molar-refractivity contribution in [2.75, 3.05) is 7.11 Å². The van der Waals surface area contributed by atoms with E-state index in [1.165, 1.54) is 44.0 Å². The summed E-state index contributed by atoms with van der Waals surface area (Å²) in [6.07, 6.45) is 4.38. The Hall–Kier alpha value is -2.30. The van der Waals surface area contributed by atoms with E-state index in [2.05, 4.69) is 14.7 Å². The third-order valence-corrected chi connectivity index (χ3v) is 2.26. The second-order valence-corrected chi connectivity index (χ2v) is 3.31. The van der Waals surface area contributed by atoms with E-state index in [1.54, 1.807) is 0 Å². The maximum atomic E-state index is 13.2. The molecule has 0 aliphatic heterocycles. The minimum absolute atomic E-state index is 0.281. The number of aromatic nitrogens is 2. The van der Waals surface area contributed by atoms with Gasteiger partial charge in [-0.2, -0.15) is 0 Å². The first-order chi connectivity index (χ1) is 8.22. The average Bonchev–Trinajstić information content (AvgIpc) is 2.39. The summed E-state index contributed by atoms with van der Waals surface area (Å²) >= 11 is 0. The first kappa shape index (κ1) is 11.2.